The molecular formula is C30H38FNO3. The highest BCUT2D eigenvalue weighted by molar-refractivity contribution is 5.85. The third kappa shape index (κ3) is 3.57. The van der Waals surface area contributed by atoms with E-state index in [4.69, 9.17) is 10.00 Å². The highest BCUT2D eigenvalue weighted by Crippen LogP contribution is 2.76. The molecule has 0 radical (unpaired) electrons. The number of benzene rings is 1. The summed E-state index contributed by atoms with van der Waals surface area (Å²) in [4.78, 5) is 13.6. The van der Waals surface area contributed by atoms with Gasteiger partial charge in [-0.1, -0.05) is 13.8 Å². The van der Waals surface area contributed by atoms with Gasteiger partial charge in [-0.15, -0.1) is 0 Å². The van der Waals surface area contributed by atoms with E-state index in [1.807, 2.05) is 13.0 Å². The molecule has 35 heavy (non-hydrogen) atoms. The van der Waals surface area contributed by atoms with E-state index in [-0.39, 0.29) is 35.0 Å². The molecular weight excluding hydrogens is 441 g/mol. The molecule has 5 fully saturated rings. The molecule has 188 valence electrons. The first-order valence-corrected chi connectivity index (χ1v) is 13.7. The van der Waals surface area contributed by atoms with E-state index in [1.54, 1.807) is 0 Å². The van der Waals surface area contributed by atoms with Gasteiger partial charge in [0.05, 0.1) is 17.2 Å². The van der Waals surface area contributed by atoms with Crippen LogP contribution in [0.4, 0.5) is 4.39 Å². The van der Waals surface area contributed by atoms with Gasteiger partial charge in [0.1, 0.15) is 6.61 Å². The second-order valence-electron chi connectivity index (χ2n) is 13.1. The SMILES string of the molecule is C[C@H]1[C@@H]2[C@H]1[C@H](C(=O)COc1ccc(C#N)cc1F)[C@@]1(C)CC[C@H]3[C@@H](CC[C@@H]4C[C@](C)(O)CC[C@@H]43)[C@H]21. The van der Waals surface area contributed by atoms with E-state index in [9.17, 15) is 14.3 Å². The Morgan fingerprint density at radius 3 is 2.66 bits per heavy atom. The molecule has 1 aromatic rings. The number of hydrogen-bond donors (Lipinski definition) is 1. The number of halogens is 1. The zero-order chi connectivity index (χ0) is 24.7. The number of rotatable bonds is 4. The van der Waals surface area contributed by atoms with Crippen molar-refractivity contribution in [2.75, 3.05) is 6.61 Å². The Hall–Kier alpha value is -1.93. The van der Waals surface area contributed by atoms with Crippen LogP contribution in [0.2, 0.25) is 0 Å². The maximum atomic E-state index is 14.3. The number of Topliss-reactive ketones (excluding diaryl/α,β-unsaturated/α-hetero) is 1. The first-order chi connectivity index (χ1) is 16.6. The van der Waals surface area contributed by atoms with Crippen molar-refractivity contribution in [2.45, 2.75) is 71.3 Å². The van der Waals surface area contributed by atoms with Crippen molar-refractivity contribution in [3.63, 3.8) is 0 Å². The predicted molar refractivity (Wildman–Crippen MR) is 130 cm³/mol. The van der Waals surface area contributed by atoms with Crippen LogP contribution in [0.5, 0.6) is 5.75 Å². The van der Waals surface area contributed by atoms with Gasteiger partial charge in [0.2, 0.25) is 0 Å². The van der Waals surface area contributed by atoms with Gasteiger partial charge in [-0.2, -0.15) is 5.26 Å². The van der Waals surface area contributed by atoms with Crippen molar-refractivity contribution in [3.8, 4) is 11.8 Å². The zero-order valence-corrected chi connectivity index (χ0v) is 21.2. The monoisotopic (exact) mass is 479 g/mol. The molecule has 1 N–H and O–H groups in total. The van der Waals surface area contributed by atoms with Crippen molar-refractivity contribution < 1.29 is 19.0 Å². The van der Waals surface area contributed by atoms with Crippen LogP contribution < -0.4 is 4.74 Å². The van der Waals surface area contributed by atoms with Crippen molar-refractivity contribution >= 4 is 5.78 Å². The van der Waals surface area contributed by atoms with Gasteiger partial charge in [-0.25, -0.2) is 4.39 Å². The molecule has 5 aliphatic rings. The molecule has 0 heterocycles. The average Bonchev–Trinajstić information content (AvgIpc) is 3.34. The summed E-state index contributed by atoms with van der Waals surface area (Å²) in [7, 11) is 0. The predicted octanol–water partition coefficient (Wildman–Crippen LogP) is 5.77. The molecule has 0 unspecified atom stereocenters. The molecule has 5 saturated carbocycles. The largest absolute Gasteiger partial charge is 0.483 e. The molecule has 6 rings (SSSR count). The molecule has 0 saturated heterocycles. The van der Waals surface area contributed by atoms with Crippen LogP contribution in [-0.4, -0.2) is 23.1 Å². The van der Waals surface area contributed by atoms with Crippen molar-refractivity contribution in [1.29, 1.82) is 5.26 Å². The number of carbonyl (C=O) groups is 1. The van der Waals surface area contributed by atoms with Crippen LogP contribution in [-0.2, 0) is 4.79 Å². The summed E-state index contributed by atoms with van der Waals surface area (Å²) in [5, 5.41) is 19.6. The Labute approximate surface area is 208 Å². The third-order valence-corrected chi connectivity index (χ3v) is 11.3. The second-order valence-corrected chi connectivity index (χ2v) is 13.1. The Morgan fingerprint density at radius 1 is 1.14 bits per heavy atom. The number of hydrogen-bond acceptors (Lipinski definition) is 4. The summed E-state index contributed by atoms with van der Waals surface area (Å²) in [6.45, 7) is 6.61. The Morgan fingerprint density at radius 2 is 1.91 bits per heavy atom. The van der Waals surface area contributed by atoms with Gasteiger partial charge in [0.25, 0.3) is 0 Å². The fourth-order valence-corrected chi connectivity index (χ4v) is 10.0. The minimum absolute atomic E-state index is 0.000273. The summed E-state index contributed by atoms with van der Waals surface area (Å²) in [5.41, 5.74) is -0.235. The molecule has 0 bridgehead atoms. The molecule has 1 aromatic carbocycles. The Balaban J connectivity index is 1.20. The van der Waals surface area contributed by atoms with Crippen molar-refractivity contribution in [1.82, 2.24) is 0 Å². The lowest BCUT2D eigenvalue weighted by molar-refractivity contribution is -0.138. The van der Waals surface area contributed by atoms with Crippen LogP contribution >= 0.6 is 0 Å². The smallest absolute Gasteiger partial charge is 0.174 e. The van der Waals surface area contributed by atoms with Crippen LogP contribution in [0.15, 0.2) is 18.2 Å². The first kappa shape index (κ1) is 23.5. The van der Waals surface area contributed by atoms with Gasteiger partial charge in [0.15, 0.2) is 17.3 Å². The summed E-state index contributed by atoms with van der Waals surface area (Å²) in [6.07, 6.45) is 7.79. The lowest BCUT2D eigenvalue weighted by Crippen LogP contribution is -2.52. The number of nitrogens with zero attached hydrogens (tertiary/aromatic N) is 1. The minimum atomic E-state index is -0.589. The topological polar surface area (TPSA) is 70.3 Å². The number of aliphatic hydroxyl groups is 1. The Kier molecular flexibility index (Phi) is 5.39. The first-order valence-electron chi connectivity index (χ1n) is 13.7. The minimum Gasteiger partial charge on any atom is -0.483 e. The quantitative estimate of drug-likeness (QED) is 0.595. The van der Waals surface area contributed by atoms with Crippen molar-refractivity contribution in [3.05, 3.63) is 29.6 Å². The number of ether oxygens (including phenoxy) is 1. The highest BCUT2D eigenvalue weighted by Gasteiger charge is 2.74. The summed E-state index contributed by atoms with van der Waals surface area (Å²) >= 11 is 0. The molecule has 11 atom stereocenters. The van der Waals surface area contributed by atoms with E-state index in [0.29, 0.717) is 35.5 Å². The lowest BCUT2D eigenvalue weighted by atomic mass is 9.47. The average molecular weight is 480 g/mol. The number of fused-ring (bicyclic) bond motifs is 7. The summed E-state index contributed by atoms with van der Waals surface area (Å²) in [6, 6.07) is 6.06. The fraction of sp³-hybridized carbons (Fsp3) is 0.733. The maximum Gasteiger partial charge on any atom is 0.174 e. The third-order valence-electron chi connectivity index (χ3n) is 11.3. The number of nitriles is 1. The Bertz CT molecular complexity index is 1080. The van der Waals surface area contributed by atoms with Crippen LogP contribution in [0.1, 0.15) is 71.3 Å². The van der Waals surface area contributed by atoms with E-state index in [0.717, 1.165) is 43.6 Å². The molecule has 5 aliphatic carbocycles. The molecule has 0 amide bonds. The van der Waals surface area contributed by atoms with E-state index >= 15 is 0 Å². The van der Waals surface area contributed by atoms with Gasteiger partial charge in [0, 0.05) is 5.92 Å². The normalized spacial score (nSPS) is 47.5. The molecule has 0 aliphatic heterocycles. The number of carbonyl (C=O) groups excluding carboxylic acids is 1. The fourth-order valence-electron chi connectivity index (χ4n) is 10.0. The maximum absolute atomic E-state index is 14.3. The van der Waals surface area contributed by atoms with E-state index < -0.39 is 11.4 Å². The lowest BCUT2D eigenvalue weighted by Gasteiger charge is -2.58. The number of ketones is 1. The molecule has 0 spiro atoms. The van der Waals surface area contributed by atoms with Crippen molar-refractivity contribution in [2.24, 2.45) is 58.7 Å². The summed E-state index contributed by atoms with van der Waals surface area (Å²) < 4.78 is 20.0. The molecule has 5 heteroatoms. The molecule has 0 aromatic heterocycles. The standard InChI is InChI=1S/C30H38FNO3/c1-16-25-26(16)28(23(33)15-35-24-7-4-17(14-32)12-22(24)31)30(3)11-9-20-19-8-10-29(2,34)13-18(19)5-6-21(20)27(25)30/h4,7,12,16,18-21,25-28,34H,5-6,8-11,13,15H2,1-3H3/t16-,18+,19-,20+,21+,25+,26-,27+,28-,29+,30-/m0/s1. The van der Waals surface area contributed by atoms with Gasteiger partial charge in [-0.05, 0) is 123 Å². The highest BCUT2D eigenvalue weighted by atomic mass is 19.1. The van der Waals surface area contributed by atoms with E-state index in [2.05, 4.69) is 13.8 Å². The summed E-state index contributed by atoms with van der Waals surface area (Å²) in [5.74, 6) is 4.68. The second kappa shape index (κ2) is 8.04. The molecule has 4 nitrogen and oxygen atoms in total. The van der Waals surface area contributed by atoms with Gasteiger partial charge in [-0.3, -0.25) is 4.79 Å². The van der Waals surface area contributed by atoms with Crippen LogP contribution in [0.25, 0.3) is 0 Å². The zero-order valence-electron chi connectivity index (χ0n) is 21.2. The van der Waals surface area contributed by atoms with Crippen LogP contribution in [0.3, 0.4) is 0 Å². The van der Waals surface area contributed by atoms with Gasteiger partial charge >= 0.3 is 0 Å². The van der Waals surface area contributed by atoms with Crippen LogP contribution in [0, 0.1) is 75.8 Å². The van der Waals surface area contributed by atoms with Gasteiger partial charge < -0.3 is 9.84 Å². The van der Waals surface area contributed by atoms with E-state index in [1.165, 1.54) is 31.4 Å².